The molecule has 0 atom stereocenters. The topological polar surface area (TPSA) is 30.2 Å². The predicted octanol–water partition coefficient (Wildman–Crippen LogP) is 5.15. The van der Waals surface area contributed by atoms with Crippen molar-refractivity contribution < 1.29 is 9.21 Å². The number of furan rings is 1. The van der Waals surface area contributed by atoms with E-state index in [2.05, 4.69) is 15.9 Å². The van der Waals surface area contributed by atoms with E-state index >= 15 is 0 Å². The maximum Gasteiger partial charge on any atom is 0.221 e. The number of carbonyl (C=O) groups is 1. The van der Waals surface area contributed by atoms with Gasteiger partial charge in [-0.2, -0.15) is 0 Å². The van der Waals surface area contributed by atoms with Gasteiger partial charge >= 0.3 is 0 Å². The molecular weight excluding hydrogens is 324 g/mol. The second-order valence-electron chi connectivity index (χ2n) is 3.99. The first-order valence-electron chi connectivity index (χ1n) is 5.69. The average molecular weight is 333 g/mol. The molecule has 4 heteroatoms. The lowest BCUT2D eigenvalue weighted by Crippen LogP contribution is -1.89. The van der Waals surface area contributed by atoms with Crippen LogP contribution in [0.2, 0.25) is 0 Å². The van der Waals surface area contributed by atoms with Crippen LogP contribution in [0.25, 0.3) is 17.0 Å². The second-order valence-corrected chi connectivity index (χ2v) is 6.48. The molecular formula is C15H9BrO2S. The molecule has 0 saturated heterocycles. The lowest BCUT2D eigenvalue weighted by atomic mass is 10.2. The molecule has 2 nitrogen and oxygen atoms in total. The number of rotatable bonds is 3. The number of ketones is 1. The highest BCUT2D eigenvalue weighted by Gasteiger charge is 2.08. The van der Waals surface area contributed by atoms with Gasteiger partial charge in [-0.05, 0) is 52.3 Å². The Morgan fingerprint density at radius 1 is 1.21 bits per heavy atom. The Morgan fingerprint density at radius 3 is 2.79 bits per heavy atom. The highest BCUT2D eigenvalue weighted by Crippen LogP contribution is 2.24. The minimum atomic E-state index is -0.124. The molecule has 94 valence electrons. The minimum absolute atomic E-state index is 0.124. The van der Waals surface area contributed by atoms with E-state index in [1.54, 1.807) is 23.5 Å². The van der Waals surface area contributed by atoms with E-state index in [0.29, 0.717) is 5.76 Å². The lowest BCUT2D eigenvalue weighted by molar-refractivity contribution is 0.102. The highest BCUT2D eigenvalue weighted by molar-refractivity contribution is 9.11. The molecule has 0 spiro atoms. The van der Waals surface area contributed by atoms with Crippen molar-refractivity contribution in [2.45, 2.75) is 0 Å². The molecule has 0 saturated carbocycles. The van der Waals surface area contributed by atoms with Crippen molar-refractivity contribution in [2.75, 3.05) is 0 Å². The van der Waals surface area contributed by atoms with Gasteiger partial charge in [0.15, 0.2) is 5.76 Å². The largest absolute Gasteiger partial charge is 0.453 e. The zero-order valence-electron chi connectivity index (χ0n) is 9.80. The van der Waals surface area contributed by atoms with E-state index < -0.39 is 0 Å². The zero-order valence-corrected chi connectivity index (χ0v) is 12.2. The van der Waals surface area contributed by atoms with Gasteiger partial charge in [-0.15, -0.1) is 11.3 Å². The number of thiophene rings is 1. The summed E-state index contributed by atoms with van der Waals surface area (Å²) in [7, 11) is 0. The fourth-order valence-electron chi connectivity index (χ4n) is 1.76. The van der Waals surface area contributed by atoms with E-state index in [1.807, 2.05) is 36.4 Å². The van der Waals surface area contributed by atoms with Crippen molar-refractivity contribution in [3.63, 3.8) is 0 Å². The van der Waals surface area contributed by atoms with Crippen molar-refractivity contribution >= 4 is 50.1 Å². The van der Waals surface area contributed by atoms with Crippen LogP contribution < -0.4 is 0 Å². The molecule has 0 bridgehead atoms. The summed E-state index contributed by atoms with van der Waals surface area (Å²) in [5.41, 5.74) is 0.734. The molecule has 0 N–H and O–H groups in total. The summed E-state index contributed by atoms with van der Waals surface area (Å²) >= 11 is 4.97. The third kappa shape index (κ3) is 2.69. The number of hydrogen-bond donors (Lipinski definition) is 0. The molecule has 2 aromatic heterocycles. The first-order chi connectivity index (χ1) is 9.22. The molecule has 3 aromatic rings. The SMILES string of the molecule is O=C(/C=C/c1ccc(Br)s1)c1cc2ccccc2o1. The van der Waals surface area contributed by atoms with E-state index in [-0.39, 0.29) is 5.78 Å². The normalized spacial score (nSPS) is 11.4. The molecule has 0 aliphatic heterocycles. The molecule has 0 fully saturated rings. The molecule has 1 aromatic carbocycles. The quantitative estimate of drug-likeness (QED) is 0.490. The van der Waals surface area contributed by atoms with Crippen LogP contribution in [-0.4, -0.2) is 5.78 Å². The van der Waals surface area contributed by atoms with Gasteiger partial charge in [-0.1, -0.05) is 18.2 Å². The Kier molecular flexibility index (Phi) is 3.36. The first-order valence-corrected chi connectivity index (χ1v) is 7.30. The van der Waals surface area contributed by atoms with Crippen LogP contribution in [0.15, 0.2) is 56.7 Å². The summed E-state index contributed by atoms with van der Waals surface area (Å²) in [6.07, 6.45) is 3.33. The summed E-state index contributed by atoms with van der Waals surface area (Å²) < 4.78 is 6.56. The Morgan fingerprint density at radius 2 is 2.05 bits per heavy atom. The van der Waals surface area contributed by atoms with Gasteiger partial charge in [0.05, 0.1) is 3.79 Å². The Balaban J connectivity index is 1.85. The molecule has 0 radical (unpaired) electrons. The maximum atomic E-state index is 12.0. The average Bonchev–Trinajstić information content (AvgIpc) is 3.01. The Labute approximate surface area is 122 Å². The standard InChI is InChI=1S/C15H9BrO2S/c16-15-8-6-11(19-15)5-7-12(17)14-9-10-3-1-2-4-13(10)18-14/h1-9H/b7-5+. The van der Waals surface area contributed by atoms with Gasteiger partial charge in [-0.3, -0.25) is 4.79 Å². The van der Waals surface area contributed by atoms with Gasteiger partial charge in [-0.25, -0.2) is 0 Å². The van der Waals surface area contributed by atoms with Crippen LogP contribution in [0.1, 0.15) is 15.4 Å². The molecule has 19 heavy (non-hydrogen) atoms. The van der Waals surface area contributed by atoms with E-state index in [0.717, 1.165) is 19.6 Å². The molecule has 0 unspecified atom stereocenters. The van der Waals surface area contributed by atoms with Gasteiger partial charge in [0.1, 0.15) is 5.58 Å². The van der Waals surface area contributed by atoms with Crippen molar-refractivity contribution in [2.24, 2.45) is 0 Å². The second kappa shape index (κ2) is 5.15. The summed E-state index contributed by atoms with van der Waals surface area (Å²) in [5.74, 6) is 0.244. The third-order valence-corrected chi connectivity index (χ3v) is 4.25. The Bertz CT molecular complexity index is 734. The van der Waals surface area contributed by atoms with E-state index in [1.165, 1.54) is 6.08 Å². The monoisotopic (exact) mass is 332 g/mol. The van der Waals surface area contributed by atoms with Crippen molar-refractivity contribution in [1.82, 2.24) is 0 Å². The van der Waals surface area contributed by atoms with Crippen molar-refractivity contribution in [3.8, 4) is 0 Å². The third-order valence-electron chi connectivity index (χ3n) is 2.66. The number of benzene rings is 1. The van der Waals surface area contributed by atoms with Gasteiger partial charge in [0.25, 0.3) is 0 Å². The van der Waals surface area contributed by atoms with Crippen molar-refractivity contribution in [1.29, 1.82) is 0 Å². The van der Waals surface area contributed by atoms with Crippen molar-refractivity contribution in [3.05, 3.63) is 63.0 Å². The number of allylic oxidation sites excluding steroid dienone is 1. The molecule has 3 rings (SSSR count). The van der Waals surface area contributed by atoms with Crippen LogP contribution in [0, 0.1) is 0 Å². The fourth-order valence-corrected chi connectivity index (χ4v) is 3.09. The summed E-state index contributed by atoms with van der Waals surface area (Å²) in [5, 5.41) is 0.943. The number of hydrogen-bond acceptors (Lipinski definition) is 3. The van der Waals surface area contributed by atoms with E-state index in [4.69, 9.17) is 4.42 Å². The zero-order chi connectivity index (χ0) is 13.2. The summed E-state index contributed by atoms with van der Waals surface area (Å²) in [4.78, 5) is 13.0. The van der Waals surface area contributed by atoms with Crippen LogP contribution in [0.3, 0.4) is 0 Å². The number of carbonyl (C=O) groups excluding carboxylic acids is 1. The van der Waals surface area contributed by atoms with Gasteiger partial charge < -0.3 is 4.42 Å². The number of halogens is 1. The number of para-hydroxylation sites is 1. The van der Waals surface area contributed by atoms with Crippen LogP contribution in [-0.2, 0) is 0 Å². The highest BCUT2D eigenvalue weighted by atomic mass is 79.9. The first kappa shape index (κ1) is 12.4. The van der Waals surface area contributed by atoms with Gasteiger partial charge in [0, 0.05) is 10.3 Å². The van der Waals surface area contributed by atoms with Crippen LogP contribution >= 0.6 is 27.3 Å². The molecule has 0 aliphatic rings. The van der Waals surface area contributed by atoms with E-state index in [9.17, 15) is 4.79 Å². The smallest absolute Gasteiger partial charge is 0.221 e. The molecule has 2 heterocycles. The summed E-state index contributed by atoms with van der Waals surface area (Å²) in [6.45, 7) is 0. The van der Waals surface area contributed by atoms with Crippen LogP contribution in [0.5, 0.6) is 0 Å². The van der Waals surface area contributed by atoms with Crippen LogP contribution in [0.4, 0.5) is 0 Å². The van der Waals surface area contributed by atoms with Gasteiger partial charge in [0.2, 0.25) is 5.78 Å². The summed E-state index contributed by atoms with van der Waals surface area (Å²) in [6, 6.07) is 13.3. The maximum absolute atomic E-state index is 12.0. The molecule has 0 amide bonds. The minimum Gasteiger partial charge on any atom is -0.453 e. The molecule has 0 aliphatic carbocycles. The lowest BCUT2D eigenvalue weighted by Gasteiger charge is -1.87. The fraction of sp³-hybridized carbons (Fsp3) is 0. The predicted molar refractivity (Wildman–Crippen MR) is 81.6 cm³/mol. The number of fused-ring (bicyclic) bond motifs is 1. The Hall–Kier alpha value is -1.65.